The number of carbonyl (C=O) groups is 1. The molecule has 2 amide bonds. The average Bonchev–Trinajstić information content (AvgIpc) is 2.80. The van der Waals surface area contributed by atoms with Crippen LogP contribution in [0.4, 0.5) is 4.79 Å². The van der Waals surface area contributed by atoms with Crippen LogP contribution in [-0.2, 0) is 0 Å². The van der Waals surface area contributed by atoms with Gasteiger partial charge in [0.05, 0.1) is 0 Å². The van der Waals surface area contributed by atoms with E-state index in [9.17, 15) is 4.79 Å². The number of nitrogens with zero attached hydrogens (tertiary/aromatic N) is 1. The molecule has 0 radical (unpaired) electrons. The van der Waals surface area contributed by atoms with E-state index in [-0.39, 0.29) is 12.1 Å². The third-order valence-electron chi connectivity index (χ3n) is 5.57. The minimum absolute atomic E-state index is 0.0315. The molecule has 23 heavy (non-hydrogen) atoms. The Morgan fingerprint density at radius 1 is 1.00 bits per heavy atom. The van der Waals surface area contributed by atoms with Gasteiger partial charge in [-0.05, 0) is 57.7 Å². The smallest absolute Gasteiger partial charge is 0.315 e. The molecule has 0 aromatic carbocycles. The van der Waals surface area contributed by atoms with Crippen LogP contribution in [0, 0.1) is 0 Å². The Balaban J connectivity index is 1.48. The highest BCUT2D eigenvalue weighted by molar-refractivity contribution is 7.80. The predicted molar refractivity (Wildman–Crippen MR) is 96.5 cm³/mol. The number of nitrogens with one attached hydrogen (secondary N) is 3. The summed E-state index contributed by atoms with van der Waals surface area (Å²) in [6.07, 6.45) is 10.5. The molecule has 1 aliphatic carbocycles. The van der Waals surface area contributed by atoms with Crippen molar-refractivity contribution in [3.8, 4) is 0 Å². The van der Waals surface area contributed by atoms with Crippen molar-refractivity contribution in [2.75, 3.05) is 6.54 Å². The lowest BCUT2D eigenvalue weighted by Gasteiger charge is -2.40. The van der Waals surface area contributed by atoms with Gasteiger partial charge in [0.1, 0.15) is 0 Å². The van der Waals surface area contributed by atoms with Crippen LogP contribution in [0.3, 0.4) is 0 Å². The van der Waals surface area contributed by atoms with Crippen molar-refractivity contribution in [2.45, 2.75) is 88.9 Å². The van der Waals surface area contributed by atoms with Crippen LogP contribution in [-0.4, -0.2) is 46.8 Å². The molecule has 2 saturated heterocycles. The molecule has 3 N–H and O–H groups in total. The van der Waals surface area contributed by atoms with Gasteiger partial charge >= 0.3 is 6.03 Å². The Morgan fingerprint density at radius 2 is 1.61 bits per heavy atom. The Morgan fingerprint density at radius 3 is 2.22 bits per heavy atom. The maximum Gasteiger partial charge on any atom is 0.315 e. The molecule has 3 aliphatic rings. The van der Waals surface area contributed by atoms with E-state index in [2.05, 4.69) is 27.8 Å². The average molecular weight is 339 g/mol. The van der Waals surface area contributed by atoms with Crippen LogP contribution in [0.15, 0.2) is 0 Å². The number of amides is 2. The van der Waals surface area contributed by atoms with Gasteiger partial charge in [0.25, 0.3) is 0 Å². The first-order valence-electron chi connectivity index (χ1n) is 9.30. The highest BCUT2D eigenvalue weighted by Crippen LogP contribution is 2.35. The molecule has 0 aromatic heterocycles. The van der Waals surface area contributed by atoms with Crippen molar-refractivity contribution < 1.29 is 4.79 Å². The normalized spacial score (nSPS) is 30.8. The lowest BCUT2D eigenvalue weighted by atomic mass is 9.95. The standard InChI is InChI=1S/C17H30N4OS/c1-2-18-17(23)21-14-8-9-15(21)11-13(10-14)20-16(22)19-12-6-4-3-5-7-12/h12-15H,2-11H2,1H3,(H,18,23)(H2,19,20,22)/t13?,14-,15+. The van der Waals surface area contributed by atoms with Crippen molar-refractivity contribution in [3.05, 3.63) is 0 Å². The Labute approximate surface area is 144 Å². The first-order chi connectivity index (χ1) is 11.2. The van der Waals surface area contributed by atoms with E-state index in [1.54, 1.807) is 0 Å². The zero-order valence-corrected chi connectivity index (χ0v) is 15.0. The van der Waals surface area contributed by atoms with Crippen LogP contribution < -0.4 is 16.0 Å². The number of hydrogen-bond donors (Lipinski definition) is 3. The zero-order chi connectivity index (χ0) is 16.2. The maximum atomic E-state index is 12.3. The van der Waals surface area contributed by atoms with E-state index in [1.165, 1.54) is 32.1 Å². The fourth-order valence-corrected chi connectivity index (χ4v) is 4.97. The molecule has 0 aromatic rings. The summed E-state index contributed by atoms with van der Waals surface area (Å²) in [7, 11) is 0. The molecule has 130 valence electrons. The lowest BCUT2D eigenvalue weighted by Crippen LogP contribution is -2.56. The molecule has 1 unspecified atom stereocenters. The van der Waals surface area contributed by atoms with Crippen molar-refractivity contribution in [3.63, 3.8) is 0 Å². The summed E-state index contributed by atoms with van der Waals surface area (Å²) in [5.74, 6) is 0. The first-order valence-corrected chi connectivity index (χ1v) is 9.71. The summed E-state index contributed by atoms with van der Waals surface area (Å²) in [5.41, 5.74) is 0. The van der Waals surface area contributed by atoms with Gasteiger partial charge in [-0.1, -0.05) is 19.3 Å². The predicted octanol–water partition coefficient (Wildman–Crippen LogP) is 2.51. The van der Waals surface area contributed by atoms with Crippen molar-refractivity contribution >= 4 is 23.4 Å². The van der Waals surface area contributed by atoms with Crippen LogP contribution in [0.25, 0.3) is 0 Å². The highest BCUT2D eigenvalue weighted by atomic mass is 32.1. The van der Waals surface area contributed by atoms with Crippen LogP contribution in [0.2, 0.25) is 0 Å². The van der Waals surface area contributed by atoms with Gasteiger partial charge in [-0.3, -0.25) is 0 Å². The number of rotatable bonds is 3. The second kappa shape index (κ2) is 7.69. The lowest BCUT2D eigenvalue weighted by molar-refractivity contribution is 0.186. The largest absolute Gasteiger partial charge is 0.363 e. The molecular weight excluding hydrogens is 308 g/mol. The van der Waals surface area contributed by atoms with Crippen molar-refractivity contribution in [1.82, 2.24) is 20.9 Å². The van der Waals surface area contributed by atoms with E-state index in [0.29, 0.717) is 18.1 Å². The number of piperidine rings is 1. The molecule has 1 saturated carbocycles. The fourth-order valence-electron chi connectivity index (χ4n) is 4.53. The second-order valence-corrected chi connectivity index (χ2v) is 7.64. The number of urea groups is 1. The maximum absolute atomic E-state index is 12.3. The molecular formula is C17H30N4OS. The quantitative estimate of drug-likeness (QED) is 0.692. The van der Waals surface area contributed by atoms with E-state index < -0.39 is 0 Å². The van der Waals surface area contributed by atoms with Gasteiger partial charge in [0, 0.05) is 30.7 Å². The summed E-state index contributed by atoms with van der Waals surface area (Å²) in [5, 5.41) is 10.6. The summed E-state index contributed by atoms with van der Waals surface area (Å²) in [4.78, 5) is 14.6. The first kappa shape index (κ1) is 16.8. The topological polar surface area (TPSA) is 56.4 Å². The molecule has 5 nitrogen and oxygen atoms in total. The highest BCUT2D eigenvalue weighted by Gasteiger charge is 2.42. The van der Waals surface area contributed by atoms with Gasteiger partial charge in [0.15, 0.2) is 5.11 Å². The van der Waals surface area contributed by atoms with E-state index in [4.69, 9.17) is 12.2 Å². The third kappa shape index (κ3) is 4.08. The summed E-state index contributed by atoms with van der Waals surface area (Å²) in [6, 6.07) is 1.67. The van der Waals surface area contributed by atoms with E-state index >= 15 is 0 Å². The second-order valence-electron chi connectivity index (χ2n) is 7.25. The van der Waals surface area contributed by atoms with Crippen molar-refractivity contribution in [1.29, 1.82) is 0 Å². The monoisotopic (exact) mass is 338 g/mol. The Hall–Kier alpha value is -1.04. The van der Waals surface area contributed by atoms with Gasteiger partial charge in [-0.25, -0.2) is 4.79 Å². The molecule has 0 spiro atoms. The van der Waals surface area contributed by atoms with Crippen LogP contribution >= 0.6 is 12.2 Å². The Kier molecular flexibility index (Phi) is 5.62. The van der Waals surface area contributed by atoms with Gasteiger partial charge in [-0.15, -0.1) is 0 Å². The summed E-state index contributed by atoms with van der Waals surface area (Å²) >= 11 is 5.52. The van der Waals surface area contributed by atoms with Gasteiger partial charge in [-0.2, -0.15) is 0 Å². The fraction of sp³-hybridized carbons (Fsp3) is 0.882. The SMILES string of the molecule is CCNC(=S)N1[C@@H]2CC[C@H]1CC(NC(=O)NC1CCCCC1)C2. The number of fused-ring (bicyclic) bond motifs is 2. The van der Waals surface area contributed by atoms with Gasteiger partial charge in [0.2, 0.25) is 0 Å². The van der Waals surface area contributed by atoms with Crippen LogP contribution in [0.1, 0.15) is 64.7 Å². The molecule has 3 fully saturated rings. The Bertz CT molecular complexity index is 424. The van der Waals surface area contributed by atoms with E-state index in [0.717, 1.165) is 37.3 Å². The summed E-state index contributed by atoms with van der Waals surface area (Å²) in [6.45, 7) is 2.96. The molecule has 2 aliphatic heterocycles. The minimum Gasteiger partial charge on any atom is -0.363 e. The molecule has 2 bridgehead atoms. The third-order valence-corrected chi connectivity index (χ3v) is 5.93. The summed E-state index contributed by atoms with van der Waals surface area (Å²) < 4.78 is 0. The number of hydrogen-bond acceptors (Lipinski definition) is 2. The molecule has 3 rings (SSSR count). The molecule has 3 atom stereocenters. The van der Waals surface area contributed by atoms with E-state index in [1.807, 2.05) is 0 Å². The van der Waals surface area contributed by atoms with Crippen molar-refractivity contribution in [2.24, 2.45) is 0 Å². The zero-order valence-electron chi connectivity index (χ0n) is 14.1. The number of carbonyl (C=O) groups excluding carboxylic acids is 1. The van der Waals surface area contributed by atoms with Crippen LogP contribution in [0.5, 0.6) is 0 Å². The number of thiocarbonyl (C=S) groups is 1. The molecule has 2 heterocycles. The van der Waals surface area contributed by atoms with Gasteiger partial charge < -0.3 is 20.9 Å². The molecule has 6 heteroatoms. The minimum atomic E-state index is 0.0315.